The lowest BCUT2D eigenvalue weighted by molar-refractivity contribution is 0.171. The number of hydrogen-bond donors (Lipinski definition) is 1. The number of benzene rings is 2. The van der Waals surface area contributed by atoms with Gasteiger partial charge in [-0.25, -0.2) is 13.1 Å². The first-order chi connectivity index (χ1) is 11.9. The molecule has 6 heteroatoms. The Morgan fingerprint density at radius 1 is 1.00 bits per heavy atom. The van der Waals surface area contributed by atoms with Gasteiger partial charge < -0.3 is 9.47 Å². The van der Waals surface area contributed by atoms with Crippen LogP contribution in [0.3, 0.4) is 0 Å². The summed E-state index contributed by atoms with van der Waals surface area (Å²) in [6, 6.07) is 14.4. The van der Waals surface area contributed by atoms with E-state index in [0.717, 1.165) is 11.1 Å². The van der Waals surface area contributed by atoms with Crippen LogP contribution in [0, 0.1) is 5.92 Å². The lowest BCUT2D eigenvalue weighted by Gasteiger charge is -2.25. The molecule has 2 aromatic rings. The minimum atomic E-state index is -3.47. The Kier molecular flexibility index (Phi) is 5.30. The number of ether oxygens (including phenoxy) is 2. The van der Waals surface area contributed by atoms with Crippen LogP contribution >= 0.6 is 0 Å². The molecule has 1 N–H and O–H groups in total. The number of nitrogens with one attached hydrogen (secondary N) is 1. The summed E-state index contributed by atoms with van der Waals surface area (Å²) in [5.41, 5.74) is 1.63. The Bertz CT molecular complexity index is 819. The van der Waals surface area contributed by atoms with Crippen molar-refractivity contribution in [3.05, 3.63) is 59.7 Å². The first-order valence-electron chi connectivity index (χ1n) is 8.38. The van der Waals surface area contributed by atoms with Crippen molar-refractivity contribution in [1.82, 2.24) is 4.72 Å². The first-order valence-corrected chi connectivity index (χ1v) is 10.0. The van der Waals surface area contributed by atoms with Crippen molar-refractivity contribution < 1.29 is 17.9 Å². The van der Waals surface area contributed by atoms with Crippen LogP contribution in [-0.2, 0) is 15.8 Å². The van der Waals surface area contributed by atoms with Gasteiger partial charge in [-0.15, -0.1) is 0 Å². The van der Waals surface area contributed by atoms with E-state index in [2.05, 4.69) is 4.72 Å². The summed E-state index contributed by atoms with van der Waals surface area (Å²) in [4.78, 5) is 0. The van der Waals surface area contributed by atoms with E-state index in [4.69, 9.17) is 9.47 Å². The van der Waals surface area contributed by atoms with Crippen LogP contribution in [0.1, 0.15) is 31.0 Å². The summed E-state index contributed by atoms with van der Waals surface area (Å²) in [5, 5.41) is 0. The van der Waals surface area contributed by atoms with Crippen LogP contribution in [0.25, 0.3) is 0 Å². The van der Waals surface area contributed by atoms with Crippen LogP contribution in [0.15, 0.2) is 48.5 Å². The van der Waals surface area contributed by atoms with Gasteiger partial charge in [-0.2, -0.15) is 0 Å². The molecular formula is C19H23NO4S. The standard InChI is InChI=1S/C19H23NO4S/c1-14(2)19(16-8-9-17-18(12-16)24-11-10-23-17)20-25(21,22)13-15-6-4-3-5-7-15/h3-9,12,14,19-20H,10-11,13H2,1-2H3/t19-/m0/s1. The molecule has 0 spiro atoms. The van der Waals surface area contributed by atoms with Gasteiger partial charge in [-0.05, 0) is 29.2 Å². The van der Waals surface area contributed by atoms with Gasteiger partial charge in [0.25, 0.3) is 0 Å². The second-order valence-electron chi connectivity index (χ2n) is 6.49. The maximum absolute atomic E-state index is 12.6. The topological polar surface area (TPSA) is 64.6 Å². The zero-order valence-corrected chi connectivity index (χ0v) is 15.3. The average molecular weight is 361 g/mol. The van der Waals surface area contributed by atoms with Crippen molar-refractivity contribution >= 4 is 10.0 Å². The van der Waals surface area contributed by atoms with Gasteiger partial charge in [-0.3, -0.25) is 0 Å². The van der Waals surface area contributed by atoms with Gasteiger partial charge in [0.2, 0.25) is 10.0 Å². The van der Waals surface area contributed by atoms with Gasteiger partial charge in [0, 0.05) is 6.04 Å². The lowest BCUT2D eigenvalue weighted by atomic mass is 9.97. The van der Waals surface area contributed by atoms with Gasteiger partial charge in [0.15, 0.2) is 11.5 Å². The minimum Gasteiger partial charge on any atom is -0.486 e. The molecule has 2 aromatic carbocycles. The Labute approximate surface area is 149 Å². The molecule has 0 saturated carbocycles. The number of fused-ring (bicyclic) bond motifs is 1. The third-order valence-electron chi connectivity index (χ3n) is 4.10. The fourth-order valence-electron chi connectivity index (χ4n) is 2.87. The Morgan fingerprint density at radius 2 is 1.68 bits per heavy atom. The summed E-state index contributed by atoms with van der Waals surface area (Å²) in [6.07, 6.45) is 0. The highest BCUT2D eigenvalue weighted by Crippen LogP contribution is 2.34. The third kappa shape index (κ3) is 4.52. The fourth-order valence-corrected chi connectivity index (χ4v) is 4.38. The van der Waals surface area contributed by atoms with Crippen molar-refractivity contribution in [3.63, 3.8) is 0 Å². The highest BCUT2D eigenvalue weighted by Gasteiger charge is 2.24. The predicted molar refractivity (Wildman–Crippen MR) is 97.2 cm³/mol. The summed E-state index contributed by atoms with van der Waals surface area (Å²) in [5.74, 6) is 1.41. The minimum absolute atomic E-state index is 0.0401. The van der Waals surface area contributed by atoms with Gasteiger partial charge in [0.1, 0.15) is 13.2 Å². The van der Waals surface area contributed by atoms with Crippen LogP contribution in [0.4, 0.5) is 0 Å². The largest absolute Gasteiger partial charge is 0.486 e. The average Bonchev–Trinajstić information content (AvgIpc) is 2.59. The van der Waals surface area contributed by atoms with Gasteiger partial charge >= 0.3 is 0 Å². The molecule has 0 aromatic heterocycles. The fraction of sp³-hybridized carbons (Fsp3) is 0.368. The van der Waals surface area contributed by atoms with E-state index in [-0.39, 0.29) is 17.7 Å². The normalized spacial score (nSPS) is 15.2. The SMILES string of the molecule is CC(C)[C@H](NS(=O)(=O)Cc1ccccc1)c1ccc2c(c1)OCCO2. The van der Waals surface area contributed by atoms with E-state index in [1.807, 2.05) is 62.4 Å². The molecule has 0 saturated heterocycles. The van der Waals surface area contributed by atoms with Crippen molar-refractivity contribution in [1.29, 1.82) is 0 Å². The maximum Gasteiger partial charge on any atom is 0.216 e. The molecule has 0 unspecified atom stereocenters. The third-order valence-corrected chi connectivity index (χ3v) is 5.42. The van der Waals surface area contributed by atoms with Gasteiger partial charge in [-0.1, -0.05) is 50.2 Å². The quantitative estimate of drug-likeness (QED) is 0.858. The molecule has 0 radical (unpaired) electrons. The molecule has 0 aliphatic carbocycles. The summed E-state index contributed by atoms with van der Waals surface area (Å²) in [7, 11) is -3.47. The molecule has 1 aliphatic rings. The summed E-state index contributed by atoms with van der Waals surface area (Å²) >= 11 is 0. The molecule has 134 valence electrons. The van der Waals surface area contributed by atoms with Crippen LogP contribution < -0.4 is 14.2 Å². The van der Waals surface area contributed by atoms with E-state index in [1.165, 1.54) is 0 Å². The number of rotatable bonds is 6. The molecule has 5 nitrogen and oxygen atoms in total. The van der Waals surface area contributed by atoms with E-state index >= 15 is 0 Å². The van der Waals surface area contributed by atoms with Crippen molar-refractivity contribution in [2.45, 2.75) is 25.6 Å². The smallest absolute Gasteiger partial charge is 0.216 e. The molecule has 1 aliphatic heterocycles. The summed E-state index contributed by atoms with van der Waals surface area (Å²) in [6.45, 7) is 5.02. The van der Waals surface area contributed by atoms with E-state index in [0.29, 0.717) is 24.7 Å². The molecule has 3 rings (SSSR count). The number of hydrogen-bond acceptors (Lipinski definition) is 4. The molecule has 0 bridgehead atoms. The van der Waals surface area contributed by atoms with Gasteiger partial charge in [0.05, 0.1) is 5.75 Å². The maximum atomic E-state index is 12.6. The van der Waals surface area contributed by atoms with E-state index in [9.17, 15) is 8.42 Å². The second kappa shape index (κ2) is 7.45. The van der Waals surface area contributed by atoms with Crippen molar-refractivity contribution in [2.75, 3.05) is 13.2 Å². The molecule has 0 amide bonds. The molecule has 1 atom stereocenters. The zero-order valence-electron chi connectivity index (χ0n) is 14.4. The zero-order chi connectivity index (χ0) is 17.9. The monoisotopic (exact) mass is 361 g/mol. The van der Waals surface area contributed by atoms with Crippen LogP contribution in [0.5, 0.6) is 11.5 Å². The predicted octanol–water partition coefficient (Wildman–Crippen LogP) is 3.27. The summed E-state index contributed by atoms with van der Waals surface area (Å²) < 4.78 is 39.2. The molecule has 0 fully saturated rings. The Hall–Kier alpha value is -2.05. The molecule has 1 heterocycles. The van der Waals surface area contributed by atoms with Crippen molar-refractivity contribution in [2.24, 2.45) is 5.92 Å². The van der Waals surface area contributed by atoms with E-state index < -0.39 is 10.0 Å². The number of sulfonamides is 1. The highest BCUT2D eigenvalue weighted by atomic mass is 32.2. The van der Waals surface area contributed by atoms with Crippen LogP contribution in [-0.4, -0.2) is 21.6 Å². The second-order valence-corrected chi connectivity index (χ2v) is 8.24. The molecular weight excluding hydrogens is 338 g/mol. The highest BCUT2D eigenvalue weighted by molar-refractivity contribution is 7.88. The first kappa shape index (κ1) is 17.8. The van der Waals surface area contributed by atoms with Crippen molar-refractivity contribution in [3.8, 4) is 11.5 Å². The molecule has 25 heavy (non-hydrogen) atoms. The lowest BCUT2D eigenvalue weighted by Crippen LogP contribution is -2.32. The van der Waals surface area contributed by atoms with Crippen LogP contribution in [0.2, 0.25) is 0 Å². The Morgan fingerprint density at radius 3 is 2.36 bits per heavy atom. The van der Waals surface area contributed by atoms with E-state index in [1.54, 1.807) is 0 Å². The Balaban J connectivity index is 1.81.